The van der Waals surface area contributed by atoms with E-state index in [1.165, 1.54) is 44.5 Å². The van der Waals surface area contributed by atoms with Gasteiger partial charge < -0.3 is 0 Å². The Balaban J connectivity index is 1.73. The van der Waals surface area contributed by atoms with Crippen LogP contribution in [0.3, 0.4) is 0 Å². The molecule has 0 nitrogen and oxygen atoms in total. The monoisotopic (exact) mass is 328 g/mol. The van der Waals surface area contributed by atoms with Gasteiger partial charge in [0.2, 0.25) is 0 Å². The fourth-order valence-corrected chi connectivity index (χ4v) is 3.35. The molecule has 0 atom stereocenters. The van der Waals surface area contributed by atoms with Crippen LogP contribution < -0.4 is 0 Å². The van der Waals surface area contributed by atoms with E-state index in [1.807, 2.05) is 0 Å². The Hall–Kier alpha value is -2.34. The van der Waals surface area contributed by atoms with Crippen molar-refractivity contribution < 1.29 is 0 Å². The lowest BCUT2D eigenvalue weighted by molar-refractivity contribution is 0.939. The minimum absolute atomic E-state index is 1.02. The van der Waals surface area contributed by atoms with E-state index in [2.05, 4.69) is 88.4 Å². The number of aryl methyl sites for hydroxylation is 4. The summed E-state index contributed by atoms with van der Waals surface area (Å²) in [5, 5.41) is 0. The van der Waals surface area contributed by atoms with Crippen molar-refractivity contribution in [1.29, 1.82) is 0 Å². The van der Waals surface area contributed by atoms with Gasteiger partial charge in [0.1, 0.15) is 0 Å². The van der Waals surface area contributed by atoms with Crippen LogP contribution in [0.2, 0.25) is 0 Å². The summed E-state index contributed by atoms with van der Waals surface area (Å²) in [5.74, 6) is 0. The van der Waals surface area contributed by atoms with Gasteiger partial charge in [0.25, 0.3) is 0 Å². The minimum atomic E-state index is 1.02. The number of benzene rings is 3. The normalized spacial score (nSPS) is 10.9. The highest BCUT2D eigenvalue weighted by atomic mass is 14.1. The summed E-state index contributed by atoms with van der Waals surface area (Å²) in [4.78, 5) is 0. The van der Waals surface area contributed by atoms with Crippen LogP contribution in [0.25, 0.3) is 0 Å². The third-order valence-corrected chi connectivity index (χ3v) is 5.33. The molecule has 0 amide bonds. The molecule has 3 rings (SSSR count). The van der Waals surface area contributed by atoms with E-state index in [0.29, 0.717) is 0 Å². The van der Waals surface area contributed by atoms with E-state index >= 15 is 0 Å². The van der Waals surface area contributed by atoms with E-state index in [9.17, 15) is 0 Å². The summed E-state index contributed by atoms with van der Waals surface area (Å²) < 4.78 is 0. The molecule has 0 aliphatic heterocycles. The van der Waals surface area contributed by atoms with Gasteiger partial charge in [0.05, 0.1) is 0 Å². The first kappa shape index (κ1) is 17.5. The third kappa shape index (κ3) is 4.39. The van der Waals surface area contributed by atoms with Crippen LogP contribution in [-0.2, 0) is 19.3 Å². The Morgan fingerprint density at radius 2 is 0.960 bits per heavy atom. The molecule has 0 heteroatoms. The summed E-state index contributed by atoms with van der Waals surface area (Å²) in [6, 6.07) is 22.5. The van der Waals surface area contributed by atoms with Gasteiger partial charge in [-0.15, -0.1) is 0 Å². The van der Waals surface area contributed by atoms with Gasteiger partial charge >= 0.3 is 0 Å². The highest BCUT2D eigenvalue weighted by molar-refractivity contribution is 5.42. The molecular formula is C25H28. The second-order valence-electron chi connectivity index (χ2n) is 7.28. The maximum atomic E-state index is 2.33. The van der Waals surface area contributed by atoms with Gasteiger partial charge in [-0.25, -0.2) is 0 Å². The van der Waals surface area contributed by atoms with Crippen LogP contribution >= 0.6 is 0 Å². The van der Waals surface area contributed by atoms with Crippen LogP contribution in [-0.4, -0.2) is 0 Å². The molecule has 128 valence electrons. The molecule has 0 heterocycles. The number of hydrogen-bond donors (Lipinski definition) is 0. The molecular weight excluding hydrogens is 300 g/mol. The van der Waals surface area contributed by atoms with Crippen molar-refractivity contribution in [3.05, 3.63) is 105 Å². The smallest absolute Gasteiger partial charge is 0.00230 e. The zero-order chi connectivity index (χ0) is 17.8. The van der Waals surface area contributed by atoms with E-state index < -0.39 is 0 Å². The average molecular weight is 328 g/mol. The van der Waals surface area contributed by atoms with E-state index in [4.69, 9.17) is 0 Å². The largest absolute Gasteiger partial charge is 0.0591 e. The van der Waals surface area contributed by atoms with Gasteiger partial charge in [-0.3, -0.25) is 0 Å². The lowest BCUT2D eigenvalue weighted by Gasteiger charge is -2.14. The highest BCUT2D eigenvalue weighted by Crippen LogP contribution is 2.22. The molecule has 0 saturated heterocycles. The standard InChI is InChI=1S/C25H28/c1-18-5-9-22(10-6-18)13-14-24-15-16-25(21(4)20(24)3)17-23-11-7-19(2)8-12-23/h5-12,15-16H,13-14,17H2,1-4H3. The van der Waals surface area contributed by atoms with E-state index in [0.717, 1.165) is 19.3 Å². The highest BCUT2D eigenvalue weighted by Gasteiger charge is 2.08. The Morgan fingerprint density at radius 1 is 0.480 bits per heavy atom. The molecule has 0 aromatic heterocycles. The van der Waals surface area contributed by atoms with Crippen molar-refractivity contribution in [2.45, 2.75) is 47.0 Å². The SMILES string of the molecule is Cc1ccc(CCc2ccc(Cc3ccc(C)cc3)c(C)c2C)cc1. The van der Waals surface area contributed by atoms with E-state index in [-0.39, 0.29) is 0 Å². The summed E-state index contributed by atoms with van der Waals surface area (Å²) in [7, 11) is 0. The predicted molar refractivity (Wildman–Crippen MR) is 108 cm³/mol. The van der Waals surface area contributed by atoms with Crippen molar-refractivity contribution in [2.24, 2.45) is 0 Å². The molecule has 3 aromatic rings. The molecule has 25 heavy (non-hydrogen) atoms. The van der Waals surface area contributed by atoms with Crippen molar-refractivity contribution in [1.82, 2.24) is 0 Å². The third-order valence-electron chi connectivity index (χ3n) is 5.33. The fourth-order valence-electron chi connectivity index (χ4n) is 3.35. The van der Waals surface area contributed by atoms with Gasteiger partial charge in [-0.1, -0.05) is 71.8 Å². The molecule has 0 N–H and O–H groups in total. The van der Waals surface area contributed by atoms with Gasteiger partial charge in [-0.05, 0) is 80.3 Å². The summed E-state index contributed by atoms with van der Waals surface area (Å²) in [5.41, 5.74) is 11.3. The summed E-state index contributed by atoms with van der Waals surface area (Å²) in [6.45, 7) is 8.83. The van der Waals surface area contributed by atoms with Crippen LogP contribution in [0.5, 0.6) is 0 Å². The van der Waals surface area contributed by atoms with Crippen molar-refractivity contribution >= 4 is 0 Å². The van der Waals surface area contributed by atoms with Crippen molar-refractivity contribution in [2.75, 3.05) is 0 Å². The van der Waals surface area contributed by atoms with Gasteiger partial charge in [0.15, 0.2) is 0 Å². The van der Waals surface area contributed by atoms with Crippen molar-refractivity contribution in [3.8, 4) is 0 Å². The Kier molecular flexibility index (Phi) is 5.38. The number of rotatable bonds is 5. The first-order chi connectivity index (χ1) is 12.0. The van der Waals surface area contributed by atoms with Gasteiger partial charge in [0, 0.05) is 0 Å². The molecule has 0 radical (unpaired) electrons. The van der Waals surface area contributed by atoms with Crippen LogP contribution in [0, 0.1) is 27.7 Å². The minimum Gasteiger partial charge on any atom is -0.0591 e. The van der Waals surface area contributed by atoms with Crippen LogP contribution in [0.15, 0.2) is 60.7 Å². The zero-order valence-corrected chi connectivity index (χ0v) is 15.9. The zero-order valence-electron chi connectivity index (χ0n) is 15.9. The molecule has 0 spiro atoms. The molecule has 3 aromatic carbocycles. The molecule has 0 unspecified atom stereocenters. The molecule has 0 bridgehead atoms. The maximum Gasteiger partial charge on any atom is -0.00230 e. The van der Waals surface area contributed by atoms with Gasteiger partial charge in [-0.2, -0.15) is 0 Å². The quantitative estimate of drug-likeness (QED) is 0.516. The first-order valence-electron chi connectivity index (χ1n) is 9.22. The predicted octanol–water partition coefficient (Wildman–Crippen LogP) is 6.30. The summed E-state index contributed by atoms with van der Waals surface area (Å²) >= 11 is 0. The van der Waals surface area contributed by atoms with Crippen LogP contribution in [0.4, 0.5) is 0 Å². The molecule has 0 fully saturated rings. The Labute approximate surface area is 152 Å². The molecule has 0 aliphatic rings. The van der Waals surface area contributed by atoms with E-state index in [1.54, 1.807) is 0 Å². The lowest BCUT2D eigenvalue weighted by Crippen LogP contribution is -2.00. The first-order valence-corrected chi connectivity index (χ1v) is 9.22. The average Bonchev–Trinajstić information content (AvgIpc) is 2.61. The Bertz CT molecular complexity index is 836. The maximum absolute atomic E-state index is 2.33. The molecule has 0 aliphatic carbocycles. The molecule has 0 saturated carbocycles. The Morgan fingerprint density at radius 3 is 1.56 bits per heavy atom. The number of hydrogen-bond acceptors (Lipinski definition) is 0. The fraction of sp³-hybridized carbons (Fsp3) is 0.280. The summed E-state index contributed by atoms with van der Waals surface area (Å²) in [6.07, 6.45) is 3.24. The lowest BCUT2D eigenvalue weighted by atomic mass is 9.91. The topological polar surface area (TPSA) is 0 Å². The second-order valence-corrected chi connectivity index (χ2v) is 7.28. The second kappa shape index (κ2) is 7.70. The van der Waals surface area contributed by atoms with Crippen LogP contribution in [0.1, 0.15) is 44.5 Å². The van der Waals surface area contributed by atoms with Crippen molar-refractivity contribution in [3.63, 3.8) is 0 Å².